The van der Waals surface area contributed by atoms with E-state index in [9.17, 15) is 14.0 Å². The Hall–Kier alpha value is -1.95. The number of nitrogens with two attached hydrogens (primary N) is 1. The minimum Gasteiger partial charge on any atom is -0.366 e. The van der Waals surface area contributed by atoms with Crippen molar-refractivity contribution >= 4 is 11.8 Å². The third-order valence-corrected chi connectivity index (χ3v) is 3.01. The quantitative estimate of drug-likeness (QED) is 0.706. The first kappa shape index (κ1) is 17.1. The molecule has 5 nitrogen and oxygen atoms in total. The summed E-state index contributed by atoms with van der Waals surface area (Å²) in [6.07, 6.45) is 0. The number of nitrogens with one attached hydrogen (secondary N) is 2. The molecule has 0 saturated carbocycles. The Labute approximate surface area is 124 Å². The highest BCUT2D eigenvalue weighted by molar-refractivity contribution is 5.92. The van der Waals surface area contributed by atoms with Gasteiger partial charge < -0.3 is 16.4 Å². The van der Waals surface area contributed by atoms with Crippen LogP contribution in [0.2, 0.25) is 0 Å². The van der Waals surface area contributed by atoms with Gasteiger partial charge in [-0.2, -0.15) is 0 Å². The number of carbonyl (C=O) groups excluding carboxylic acids is 2. The zero-order valence-corrected chi connectivity index (χ0v) is 12.6. The normalized spacial score (nSPS) is 12.2. The summed E-state index contributed by atoms with van der Waals surface area (Å²) < 4.78 is 13.8. The van der Waals surface area contributed by atoms with Gasteiger partial charge in [0, 0.05) is 24.2 Å². The van der Waals surface area contributed by atoms with E-state index < -0.39 is 17.8 Å². The van der Waals surface area contributed by atoms with Crippen LogP contribution in [0.25, 0.3) is 0 Å². The number of rotatable bonds is 7. The first-order chi connectivity index (χ1) is 9.81. The van der Waals surface area contributed by atoms with Gasteiger partial charge in [0.15, 0.2) is 0 Å². The van der Waals surface area contributed by atoms with Crippen LogP contribution in [-0.2, 0) is 11.3 Å². The van der Waals surface area contributed by atoms with E-state index >= 15 is 0 Å². The van der Waals surface area contributed by atoms with Crippen molar-refractivity contribution < 1.29 is 14.0 Å². The van der Waals surface area contributed by atoms with Crippen molar-refractivity contribution in [3.8, 4) is 0 Å². The van der Waals surface area contributed by atoms with Crippen LogP contribution in [0, 0.1) is 11.7 Å². The molecule has 0 saturated heterocycles. The second kappa shape index (κ2) is 7.73. The Morgan fingerprint density at radius 3 is 2.48 bits per heavy atom. The third-order valence-electron chi connectivity index (χ3n) is 3.01. The van der Waals surface area contributed by atoms with Crippen molar-refractivity contribution in [3.05, 3.63) is 35.1 Å². The molecule has 0 heterocycles. The predicted octanol–water partition coefficient (Wildman–Crippen LogP) is 1.17. The molecule has 2 amide bonds. The molecule has 116 valence electrons. The molecule has 1 atom stereocenters. The van der Waals surface area contributed by atoms with E-state index in [1.165, 1.54) is 12.1 Å². The maximum absolute atomic E-state index is 13.8. The molecule has 1 aromatic rings. The molecule has 0 aromatic heterocycles. The number of hydrogen-bond acceptors (Lipinski definition) is 3. The van der Waals surface area contributed by atoms with Crippen LogP contribution in [0.3, 0.4) is 0 Å². The van der Waals surface area contributed by atoms with E-state index in [1.54, 1.807) is 6.92 Å². The average molecular weight is 295 g/mol. The van der Waals surface area contributed by atoms with Gasteiger partial charge in [0.1, 0.15) is 5.82 Å². The molecular formula is C15H22FN3O2. The number of carbonyl (C=O) groups is 2. The number of halogens is 1. The van der Waals surface area contributed by atoms with Crippen molar-refractivity contribution in [2.45, 2.75) is 33.4 Å². The summed E-state index contributed by atoms with van der Waals surface area (Å²) in [6.45, 7) is 6.53. The molecule has 21 heavy (non-hydrogen) atoms. The monoisotopic (exact) mass is 295 g/mol. The Balaban J connectivity index is 2.55. The van der Waals surface area contributed by atoms with E-state index in [0.717, 1.165) is 6.07 Å². The predicted molar refractivity (Wildman–Crippen MR) is 79.1 cm³/mol. The lowest BCUT2D eigenvalue weighted by Gasteiger charge is -2.15. The van der Waals surface area contributed by atoms with Crippen LogP contribution in [0.4, 0.5) is 4.39 Å². The van der Waals surface area contributed by atoms with Gasteiger partial charge in [0.2, 0.25) is 11.8 Å². The molecule has 0 radical (unpaired) electrons. The molecular weight excluding hydrogens is 273 g/mol. The molecule has 0 fully saturated rings. The SMILES string of the molecule is CC(C)CNC(=O)C(C)NCc1ccc(C(N)=O)cc1F. The van der Waals surface area contributed by atoms with Crippen molar-refractivity contribution in [2.75, 3.05) is 6.54 Å². The minimum atomic E-state index is -0.671. The van der Waals surface area contributed by atoms with E-state index in [1.807, 2.05) is 13.8 Å². The average Bonchev–Trinajstić information content (AvgIpc) is 2.42. The minimum absolute atomic E-state index is 0.124. The largest absolute Gasteiger partial charge is 0.366 e. The summed E-state index contributed by atoms with van der Waals surface area (Å²) in [5.74, 6) is -0.943. The third kappa shape index (κ3) is 5.51. The van der Waals surface area contributed by atoms with E-state index in [2.05, 4.69) is 10.6 Å². The first-order valence-corrected chi connectivity index (χ1v) is 6.90. The number of amides is 2. The van der Waals surface area contributed by atoms with Crippen molar-refractivity contribution in [2.24, 2.45) is 11.7 Å². The van der Waals surface area contributed by atoms with Gasteiger partial charge in [-0.25, -0.2) is 4.39 Å². The standard InChI is InChI=1S/C15H22FN3O2/c1-9(2)7-19-15(21)10(3)18-8-12-5-4-11(14(17)20)6-13(12)16/h4-6,9-10,18H,7-8H2,1-3H3,(H2,17,20)(H,19,21). The smallest absolute Gasteiger partial charge is 0.248 e. The van der Waals surface area contributed by atoms with Gasteiger partial charge in [-0.3, -0.25) is 9.59 Å². The van der Waals surface area contributed by atoms with E-state index in [4.69, 9.17) is 5.73 Å². The maximum Gasteiger partial charge on any atom is 0.248 e. The fourth-order valence-electron chi connectivity index (χ4n) is 1.66. The number of benzene rings is 1. The summed E-state index contributed by atoms with van der Waals surface area (Å²) in [6, 6.07) is 3.62. The molecule has 0 aliphatic carbocycles. The highest BCUT2D eigenvalue weighted by Crippen LogP contribution is 2.10. The summed E-state index contributed by atoms with van der Waals surface area (Å²) in [7, 11) is 0. The van der Waals surface area contributed by atoms with Crippen LogP contribution >= 0.6 is 0 Å². The van der Waals surface area contributed by atoms with Crippen LogP contribution < -0.4 is 16.4 Å². The fraction of sp³-hybridized carbons (Fsp3) is 0.467. The molecule has 0 aliphatic heterocycles. The van der Waals surface area contributed by atoms with Crippen LogP contribution in [-0.4, -0.2) is 24.4 Å². The lowest BCUT2D eigenvalue weighted by atomic mass is 10.1. The topological polar surface area (TPSA) is 84.2 Å². The molecule has 0 spiro atoms. The molecule has 0 bridgehead atoms. The van der Waals surface area contributed by atoms with E-state index in [0.29, 0.717) is 18.0 Å². The van der Waals surface area contributed by atoms with Crippen LogP contribution in [0.5, 0.6) is 0 Å². The van der Waals surface area contributed by atoms with Gasteiger partial charge in [-0.15, -0.1) is 0 Å². The molecule has 0 aliphatic rings. The first-order valence-electron chi connectivity index (χ1n) is 6.90. The Bertz CT molecular complexity index is 518. The molecule has 1 rings (SSSR count). The van der Waals surface area contributed by atoms with Crippen molar-refractivity contribution in [1.82, 2.24) is 10.6 Å². The van der Waals surface area contributed by atoms with Crippen molar-refractivity contribution in [3.63, 3.8) is 0 Å². The Kier molecular flexibility index (Phi) is 6.30. The van der Waals surface area contributed by atoms with Gasteiger partial charge in [-0.05, 0) is 25.0 Å². The molecule has 1 aromatic carbocycles. The zero-order valence-electron chi connectivity index (χ0n) is 12.6. The van der Waals surface area contributed by atoms with Crippen LogP contribution in [0.1, 0.15) is 36.7 Å². The molecule has 6 heteroatoms. The summed E-state index contributed by atoms with van der Waals surface area (Å²) in [5, 5.41) is 5.74. The lowest BCUT2D eigenvalue weighted by molar-refractivity contribution is -0.122. The lowest BCUT2D eigenvalue weighted by Crippen LogP contribution is -2.43. The molecule has 1 unspecified atom stereocenters. The van der Waals surface area contributed by atoms with E-state index in [-0.39, 0.29) is 18.0 Å². The summed E-state index contributed by atoms with van der Waals surface area (Å²) >= 11 is 0. The van der Waals surface area contributed by atoms with Gasteiger partial charge >= 0.3 is 0 Å². The fourth-order valence-corrected chi connectivity index (χ4v) is 1.66. The second-order valence-corrected chi connectivity index (χ2v) is 5.41. The Morgan fingerprint density at radius 2 is 1.95 bits per heavy atom. The molecule has 4 N–H and O–H groups in total. The zero-order chi connectivity index (χ0) is 16.0. The number of hydrogen-bond donors (Lipinski definition) is 3. The summed E-state index contributed by atoms with van der Waals surface area (Å²) in [5.41, 5.74) is 5.58. The number of primary amides is 1. The highest BCUT2D eigenvalue weighted by Gasteiger charge is 2.13. The van der Waals surface area contributed by atoms with Gasteiger partial charge in [-0.1, -0.05) is 19.9 Å². The Morgan fingerprint density at radius 1 is 1.29 bits per heavy atom. The van der Waals surface area contributed by atoms with Crippen molar-refractivity contribution in [1.29, 1.82) is 0 Å². The van der Waals surface area contributed by atoms with Crippen LogP contribution in [0.15, 0.2) is 18.2 Å². The highest BCUT2D eigenvalue weighted by atomic mass is 19.1. The van der Waals surface area contributed by atoms with Gasteiger partial charge in [0.25, 0.3) is 0 Å². The van der Waals surface area contributed by atoms with Gasteiger partial charge in [0.05, 0.1) is 6.04 Å². The maximum atomic E-state index is 13.8. The second-order valence-electron chi connectivity index (χ2n) is 5.41. The summed E-state index contributed by atoms with van der Waals surface area (Å²) in [4.78, 5) is 22.7.